The molecule has 3 fully saturated rings. The van der Waals surface area contributed by atoms with Gasteiger partial charge in [-0.3, -0.25) is 0 Å². The Kier molecular flexibility index (Phi) is 4.26. The van der Waals surface area contributed by atoms with Crippen LogP contribution in [0.2, 0.25) is 0 Å². The Hall–Kier alpha value is -2.45. The highest BCUT2D eigenvalue weighted by atomic mass is 16.9. The third-order valence-corrected chi connectivity index (χ3v) is 6.39. The van der Waals surface area contributed by atoms with Crippen LogP contribution in [0.4, 0.5) is 4.79 Å². The molecule has 3 heterocycles. The van der Waals surface area contributed by atoms with Crippen LogP contribution in [0, 0.1) is 5.41 Å². The number of amides is 1. The molecule has 4 aliphatic rings. The standard InChI is InChI=1S/C25H29NO6/c1-23(2,28)21(25-30-13-24(3,14-31-25)15-32-25)26-22(27)29-12-20-18-10-6-4-8-16(18)17-9-5-7-11-19(17)20/h4-11,20-21,28H,12-15H2,1-3H3,(H,26,27)/t21-,24?,25?/m0/s1/i1D3/t21-,23?,24?,25?. The van der Waals surface area contributed by atoms with Gasteiger partial charge in [0.2, 0.25) is 0 Å². The quantitative estimate of drug-likeness (QED) is 0.738. The predicted octanol–water partition coefficient (Wildman–Crippen LogP) is 3.40. The third kappa shape index (κ3) is 3.59. The molecule has 2 atom stereocenters. The number of alkyl carbamates (subject to hydrolysis) is 1. The molecule has 2 aromatic rings. The molecule has 7 heteroatoms. The van der Waals surface area contributed by atoms with Gasteiger partial charge in [0.15, 0.2) is 0 Å². The lowest BCUT2D eigenvalue weighted by Gasteiger charge is -2.54. The van der Waals surface area contributed by atoms with E-state index in [-0.39, 0.29) is 37.8 Å². The average Bonchev–Trinajstić information content (AvgIpc) is 3.15. The molecule has 7 nitrogen and oxygen atoms in total. The molecule has 0 saturated carbocycles. The Morgan fingerprint density at radius 3 is 2.22 bits per heavy atom. The van der Waals surface area contributed by atoms with Crippen LogP contribution in [-0.4, -0.2) is 55.2 Å². The van der Waals surface area contributed by atoms with E-state index in [2.05, 4.69) is 5.32 Å². The number of carbonyl (C=O) groups excluding carboxylic acids is 1. The van der Waals surface area contributed by atoms with Gasteiger partial charge in [-0.1, -0.05) is 55.5 Å². The monoisotopic (exact) mass is 442 g/mol. The van der Waals surface area contributed by atoms with Crippen molar-refractivity contribution in [2.45, 2.75) is 44.2 Å². The van der Waals surface area contributed by atoms with Crippen molar-refractivity contribution in [3.8, 4) is 11.1 Å². The summed E-state index contributed by atoms with van der Waals surface area (Å²) in [6, 6.07) is 14.3. The van der Waals surface area contributed by atoms with Gasteiger partial charge >= 0.3 is 12.1 Å². The van der Waals surface area contributed by atoms with E-state index in [9.17, 15) is 9.90 Å². The normalized spacial score (nSPS) is 30.8. The molecule has 0 radical (unpaired) electrons. The molecule has 2 N–H and O–H groups in total. The van der Waals surface area contributed by atoms with Gasteiger partial charge in [0.05, 0.1) is 25.4 Å². The van der Waals surface area contributed by atoms with E-state index in [1.165, 1.54) is 0 Å². The lowest BCUT2D eigenvalue weighted by atomic mass is 9.88. The Morgan fingerprint density at radius 2 is 1.69 bits per heavy atom. The fourth-order valence-corrected chi connectivity index (χ4v) is 4.66. The van der Waals surface area contributed by atoms with E-state index in [1.807, 2.05) is 55.5 Å². The van der Waals surface area contributed by atoms with Crippen LogP contribution in [-0.2, 0) is 18.9 Å². The number of ether oxygens (including phenoxy) is 4. The van der Waals surface area contributed by atoms with E-state index in [1.54, 1.807) is 0 Å². The van der Waals surface area contributed by atoms with E-state index in [0.717, 1.165) is 29.2 Å². The molecule has 170 valence electrons. The summed E-state index contributed by atoms with van der Waals surface area (Å²) in [6.45, 7) is 0.841. The molecule has 1 amide bonds. The Balaban J connectivity index is 1.36. The third-order valence-electron chi connectivity index (χ3n) is 6.39. The zero-order valence-electron chi connectivity index (χ0n) is 21.1. The maximum absolute atomic E-state index is 13.0. The maximum atomic E-state index is 13.0. The van der Waals surface area contributed by atoms with Crippen LogP contribution in [0.1, 0.15) is 41.9 Å². The van der Waals surface area contributed by atoms with Crippen LogP contribution in [0.25, 0.3) is 11.1 Å². The summed E-state index contributed by atoms with van der Waals surface area (Å²) >= 11 is 0. The largest absolute Gasteiger partial charge is 0.449 e. The number of hydrogen-bond acceptors (Lipinski definition) is 6. The second-order valence-electron chi connectivity index (χ2n) is 9.33. The number of nitrogens with one attached hydrogen (secondary N) is 1. The molecular weight excluding hydrogens is 410 g/mol. The van der Waals surface area contributed by atoms with Crippen molar-refractivity contribution in [3.63, 3.8) is 0 Å². The predicted molar refractivity (Wildman–Crippen MR) is 117 cm³/mol. The fraction of sp³-hybridized carbons (Fsp3) is 0.480. The van der Waals surface area contributed by atoms with Crippen molar-refractivity contribution in [1.29, 1.82) is 0 Å². The van der Waals surface area contributed by atoms with Gasteiger partial charge in [-0.25, -0.2) is 4.79 Å². The zero-order valence-corrected chi connectivity index (χ0v) is 18.1. The topological polar surface area (TPSA) is 86.3 Å². The van der Waals surface area contributed by atoms with Crippen molar-refractivity contribution in [2.24, 2.45) is 5.41 Å². The van der Waals surface area contributed by atoms with Gasteiger partial charge in [-0.15, -0.1) is 0 Å². The summed E-state index contributed by atoms with van der Waals surface area (Å²) in [5.74, 6) is -2.12. The van der Waals surface area contributed by atoms with E-state index >= 15 is 0 Å². The molecule has 2 bridgehead atoms. The summed E-state index contributed by atoms with van der Waals surface area (Å²) in [5, 5.41) is 13.5. The van der Waals surface area contributed by atoms with Crippen molar-refractivity contribution < 1.29 is 33.0 Å². The van der Waals surface area contributed by atoms with Crippen LogP contribution in [0.5, 0.6) is 0 Å². The first kappa shape index (κ1) is 18.0. The van der Waals surface area contributed by atoms with E-state index < -0.39 is 30.6 Å². The highest BCUT2D eigenvalue weighted by Gasteiger charge is 2.59. The minimum Gasteiger partial charge on any atom is -0.449 e. The highest BCUT2D eigenvalue weighted by Crippen LogP contribution is 2.45. The fourth-order valence-electron chi connectivity index (χ4n) is 4.66. The summed E-state index contributed by atoms with van der Waals surface area (Å²) in [4.78, 5) is 13.0. The molecule has 0 spiro atoms. The second-order valence-corrected chi connectivity index (χ2v) is 9.33. The first-order valence-corrected chi connectivity index (χ1v) is 10.7. The molecule has 0 aromatic heterocycles. The number of rotatable bonds is 5. The second kappa shape index (κ2) is 7.56. The van der Waals surface area contributed by atoms with Crippen molar-refractivity contribution in [2.75, 3.05) is 26.4 Å². The molecular formula is C25H29NO6. The van der Waals surface area contributed by atoms with E-state index in [4.69, 9.17) is 23.1 Å². The van der Waals surface area contributed by atoms with Crippen molar-refractivity contribution >= 4 is 6.09 Å². The summed E-state index contributed by atoms with van der Waals surface area (Å²) in [6.07, 6.45) is -0.912. The summed E-state index contributed by atoms with van der Waals surface area (Å²) in [5.41, 5.74) is 1.43. The van der Waals surface area contributed by atoms with Gasteiger partial charge in [0.1, 0.15) is 12.6 Å². The van der Waals surface area contributed by atoms with Crippen molar-refractivity contribution in [1.82, 2.24) is 5.32 Å². The molecule has 3 saturated heterocycles. The molecule has 1 unspecified atom stereocenters. The maximum Gasteiger partial charge on any atom is 0.407 e. The Labute approximate surface area is 191 Å². The SMILES string of the molecule is [2H]C([2H])([2H])C(C)(O)[C@H](NC(=O)OCC1c2ccccc2-c2ccccc21)C12OCC(C)(CO1)CO2. The highest BCUT2D eigenvalue weighted by molar-refractivity contribution is 5.79. The first-order chi connectivity index (χ1) is 16.5. The van der Waals surface area contributed by atoms with Gasteiger partial charge in [0, 0.05) is 15.4 Å². The lowest BCUT2D eigenvalue weighted by molar-refractivity contribution is -0.481. The number of hydrogen-bond donors (Lipinski definition) is 2. The smallest absolute Gasteiger partial charge is 0.407 e. The molecule has 3 aliphatic heterocycles. The molecule has 6 rings (SSSR count). The number of fused-ring (bicyclic) bond motifs is 6. The van der Waals surface area contributed by atoms with Crippen LogP contribution in [0.3, 0.4) is 0 Å². The number of carbonyl (C=O) groups is 1. The molecule has 2 aromatic carbocycles. The Morgan fingerprint density at radius 1 is 1.16 bits per heavy atom. The average molecular weight is 443 g/mol. The van der Waals surface area contributed by atoms with E-state index in [0.29, 0.717) is 0 Å². The summed E-state index contributed by atoms with van der Waals surface area (Å²) < 4.78 is 46.5. The van der Waals surface area contributed by atoms with Gasteiger partial charge in [0.25, 0.3) is 0 Å². The minimum atomic E-state index is -2.88. The zero-order chi connectivity index (χ0) is 25.1. The van der Waals surface area contributed by atoms with Gasteiger partial charge < -0.3 is 29.4 Å². The van der Waals surface area contributed by atoms with Crippen molar-refractivity contribution in [3.05, 3.63) is 59.7 Å². The van der Waals surface area contributed by atoms with Gasteiger partial charge in [-0.2, -0.15) is 0 Å². The lowest BCUT2D eigenvalue weighted by Crippen LogP contribution is -2.72. The number of aliphatic hydroxyl groups is 1. The molecule has 32 heavy (non-hydrogen) atoms. The van der Waals surface area contributed by atoms with Crippen LogP contribution < -0.4 is 5.32 Å². The van der Waals surface area contributed by atoms with Crippen LogP contribution in [0.15, 0.2) is 48.5 Å². The minimum absolute atomic E-state index is 0.0239. The number of benzene rings is 2. The molecule has 1 aliphatic carbocycles. The van der Waals surface area contributed by atoms with Gasteiger partial charge in [-0.05, 0) is 36.0 Å². The Bertz CT molecular complexity index is 1060. The van der Waals surface area contributed by atoms with Crippen LogP contribution >= 0.6 is 0 Å². The first-order valence-electron chi connectivity index (χ1n) is 12.2. The summed E-state index contributed by atoms with van der Waals surface area (Å²) in [7, 11) is 0.